The van der Waals surface area contributed by atoms with Gasteiger partial charge in [-0.1, -0.05) is 6.07 Å². The van der Waals surface area contributed by atoms with Crippen LogP contribution in [0.15, 0.2) is 36.9 Å². The lowest BCUT2D eigenvalue weighted by atomic mass is 9.95. The lowest BCUT2D eigenvalue weighted by molar-refractivity contribution is 0.120. The molecule has 1 N–H and O–H groups in total. The Balaban J connectivity index is 1.44. The molecule has 5 heteroatoms. The number of piperidine rings is 1. The number of nitrogens with one attached hydrogen (secondary N) is 1. The Morgan fingerprint density at radius 2 is 2.14 bits per heavy atom. The third-order valence-electron chi connectivity index (χ3n) is 4.94. The molecule has 3 fully saturated rings. The standard InChI is InChI=1S/C17H23N5/c1-2-14(8-18-5-1)9-21-10-15-3-4-16(12-21)22(11-15)13-17-19-6-7-20-17/h1-2,5-8,15-16H,3-4,9-13H2,(H,19,20). The van der Waals surface area contributed by atoms with Crippen molar-refractivity contribution in [3.05, 3.63) is 48.3 Å². The van der Waals surface area contributed by atoms with Gasteiger partial charge < -0.3 is 4.98 Å². The van der Waals surface area contributed by atoms with E-state index >= 15 is 0 Å². The second-order valence-corrected chi connectivity index (χ2v) is 6.62. The highest BCUT2D eigenvalue weighted by molar-refractivity contribution is 5.08. The fraction of sp³-hybridized carbons (Fsp3) is 0.529. The van der Waals surface area contributed by atoms with E-state index in [1.165, 1.54) is 31.5 Å². The summed E-state index contributed by atoms with van der Waals surface area (Å²) in [4.78, 5) is 17.1. The maximum Gasteiger partial charge on any atom is 0.120 e. The average Bonchev–Trinajstić information content (AvgIpc) is 2.89. The lowest BCUT2D eigenvalue weighted by Crippen LogP contribution is -2.43. The average molecular weight is 297 g/mol. The van der Waals surface area contributed by atoms with Gasteiger partial charge in [0.05, 0.1) is 6.54 Å². The van der Waals surface area contributed by atoms with Crippen LogP contribution in [0.3, 0.4) is 0 Å². The number of rotatable bonds is 4. The Labute approximate surface area is 131 Å². The highest BCUT2D eigenvalue weighted by Gasteiger charge is 2.34. The largest absolute Gasteiger partial charge is 0.348 e. The Hall–Kier alpha value is -1.72. The van der Waals surface area contributed by atoms with Gasteiger partial charge in [0.2, 0.25) is 0 Å². The van der Waals surface area contributed by atoms with Crippen LogP contribution in [-0.4, -0.2) is 50.4 Å². The highest BCUT2D eigenvalue weighted by atomic mass is 15.3. The summed E-state index contributed by atoms with van der Waals surface area (Å²) in [7, 11) is 0. The van der Waals surface area contributed by atoms with Crippen molar-refractivity contribution in [1.29, 1.82) is 0 Å². The maximum atomic E-state index is 4.39. The van der Waals surface area contributed by atoms with Gasteiger partial charge in [-0.2, -0.15) is 0 Å². The molecule has 0 aliphatic carbocycles. The first-order chi connectivity index (χ1) is 10.9. The van der Waals surface area contributed by atoms with E-state index in [1.54, 1.807) is 0 Å². The Morgan fingerprint density at radius 3 is 2.95 bits per heavy atom. The zero-order chi connectivity index (χ0) is 14.8. The number of H-pyrrole nitrogens is 1. The van der Waals surface area contributed by atoms with Crippen LogP contribution < -0.4 is 0 Å². The minimum Gasteiger partial charge on any atom is -0.348 e. The van der Waals surface area contributed by atoms with E-state index in [1.807, 2.05) is 30.9 Å². The molecule has 22 heavy (non-hydrogen) atoms. The summed E-state index contributed by atoms with van der Waals surface area (Å²) >= 11 is 0. The summed E-state index contributed by atoms with van der Waals surface area (Å²) < 4.78 is 0. The van der Waals surface area contributed by atoms with Crippen LogP contribution in [0.5, 0.6) is 0 Å². The minimum atomic E-state index is 0.653. The van der Waals surface area contributed by atoms with Crippen molar-refractivity contribution in [2.24, 2.45) is 5.92 Å². The lowest BCUT2D eigenvalue weighted by Gasteiger charge is -2.35. The van der Waals surface area contributed by atoms with Crippen molar-refractivity contribution in [1.82, 2.24) is 24.8 Å². The molecule has 2 aromatic rings. The van der Waals surface area contributed by atoms with Gasteiger partial charge >= 0.3 is 0 Å². The molecular formula is C17H23N5. The Kier molecular flexibility index (Phi) is 3.91. The molecule has 2 aromatic heterocycles. The summed E-state index contributed by atoms with van der Waals surface area (Å²) in [5.41, 5.74) is 1.32. The molecule has 5 rings (SSSR count). The van der Waals surface area contributed by atoms with Crippen LogP contribution in [0, 0.1) is 5.92 Å². The van der Waals surface area contributed by atoms with Crippen LogP contribution in [0.25, 0.3) is 0 Å². The van der Waals surface area contributed by atoms with Gasteiger partial charge in [-0.3, -0.25) is 14.8 Å². The van der Waals surface area contributed by atoms with Crippen molar-refractivity contribution >= 4 is 0 Å². The smallest absolute Gasteiger partial charge is 0.120 e. The van der Waals surface area contributed by atoms with Gasteiger partial charge in [0, 0.05) is 57.0 Å². The molecular weight excluding hydrogens is 274 g/mol. The van der Waals surface area contributed by atoms with Crippen LogP contribution >= 0.6 is 0 Å². The van der Waals surface area contributed by atoms with Gasteiger partial charge in [0.15, 0.2) is 0 Å². The van der Waals surface area contributed by atoms with Crippen LogP contribution in [0.2, 0.25) is 0 Å². The van der Waals surface area contributed by atoms with Crippen molar-refractivity contribution in [2.45, 2.75) is 32.0 Å². The third kappa shape index (κ3) is 3.05. The topological polar surface area (TPSA) is 48.1 Å². The molecule has 3 saturated heterocycles. The summed E-state index contributed by atoms with van der Waals surface area (Å²) in [5.74, 6) is 1.87. The van der Waals surface area contributed by atoms with E-state index in [0.717, 1.165) is 31.4 Å². The first-order valence-corrected chi connectivity index (χ1v) is 8.20. The number of aromatic amines is 1. The molecule has 2 atom stereocenters. The summed E-state index contributed by atoms with van der Waals surface area (Å²) in [6, 6.07) is 4.87. The number of aromatic nitrogens is 3. The number of hydrogen-bond acceptors (Lipinski definition) is 4. The molecule has 2 bridgehead atoms. The predicted molar refractivity (Wildman–Crippen MR) is 85.0 cm³/mol. The maximum absolute atomic E-state index is 4.39. The fourth-order valence-electron chi connectivity index (χ4n) is 3.93. The van der Waals surface area contributed by atoms with Crippen molar-refractivity contribution in [3.63, 3.8) is 0 Å². The number of pyridine rings is 1. The molecule has 5 heterocycles. The molecule has 0 radical (unpaired) electrons. The molecule has 0 spiro atoms. The number of fused-ring (bicyclic) bond motifs is 4. The molecule has 0 saturated carbocycles. The Bertz CT molecular complexity index is 582. The number of imidazole rings is 1. The summed E-state index contributed by atoms with van der Waals surface area (Å²) in [6.07, 6.45) is 10.3. The molecule has 3 aliphatic heterocycles. The predicted octanol–water partition coefficient (Wildman–Crippen LogP) is 1.90. The zero-order valence-electron chi connectivity index (χ0n) is 12.9. The SMILES string of the molecule is c1cncc(CN2CC3CCC(C2)N(Cc2ncc[nH]2)C3)c1. The molecule has 0 aromatic carbocycles. The molecule has 2 unspecified atom stereocenters. The van der Waals surface area contributed by atoms with Gasteiger partial charge in [-0.15, -0.1) is 0 Å². The quantitative estimate of drug-likeness (QED) is 0.936. The van der Waals surface area contributed by atoms with E-state index < -0.39 is 0 Å². The first-order valence-electron chi connectivity index (χ1n) is 8.20. The normalized spacial score (nSPS) is 26.2. The van der Waals surface area contributed by atoms with Crippen LogP contribution in [0.1, 0.15) is 24.2 Å². The monoisotopic (exact) mass is 297 g/mol. The third-order valence-corrected chi connectivity index (χ3v) is 4.94. The minimum absolute atomic E-state index is 0.653. The highest BCUT2D eigenvalue weighted by Crippen LogP contribution is 2.29. The van der Waals surface area contributed by atoms with E-state index in [9.17, 15) is 0 Å². The Morgan fingerprint density at radius 1 is 1.14 bits per heavy atom. The summed E-state index contributed by atoms with van der Waals surface area (Å²) in [6.45, 7) is 5.55. The molecule has 3 aliphatic rings. The van der Waals surface area contributed by atoms with Crippen molar-refractivity contribution in [3.8, 4) is 0 Å². The molecule has 116 valence electrons. The van der Waals surface area contributed by atoms with Crippen molar-refractivity contribution < 1.29 is 0 Å². The van der Waals surface area contributed by atoms with Gasteiger partial charge in [0.1, 0.15) is 5.82 Å². The second-order valence-electron chi connectivity index (χ2n) is 6.62. The second kappa shape index (κ2) is 6.18. The number of hydrogen-bond donors (Lipinski definition) is 1. The first kappa shape index (κ1) is 13.9. The van der Waals surface area contributed by atoms with Crippen LogP contribution in [-0.2, 0) is 13.1 Å². The van der Waals surface area contributed by atoms with Crippen LogP contribution in [0.4, 0.5) is 0 Å². The van der Waals surface area contributed by atoms with E-state index in [0.29, 0.717) is 6.04 Å². The zero-order valence-corrected chi connectivity index (χ0v) is 12.9. The number of nitrogens with zero attached hydrogens (tertiary/aromatic N) is 4. The van der Waals surface area contributed by atoms with E-state index in [-0.39, 0.29) is 0 Å². The van der Waals surface area contributed by atoms with Gasteiger partial charge in [0.25, 0.3) is 0 Å². The van der Waals surface area contributed by atoms with Gasteiger partial charge in [-0.25, -0.2) is 4.98 Å². The van der Waals surface area contributed by atoms with E-state index in [4.69, 9.17) is 0 Å². The fourth-order valence-corrected chi connectivity index (χ4v) is 3.93. The van der Waals surface area contributed by atoms with Crippen molar-refractivity contribution in [2.75, 3.05) is 19.6 Å². The van der Waals surface area contributed by atoms with Gasteiger partial charge in [-0.05, 0) is 30.4 Å². The summed E-state index contributed by atoms with van der Waals surface area (Å²) in [5, 5.41) is 0. The molecule has 5 nitrogen and oxygen atoms in total. The molecule has 0 amide bonds. The van der Waals surface area contributed by atoms with E-state index in [2.05, 4.69) is 30.8 Å².